The van der Waals surface area contributed by atoms with Crippen molar-refractivity contribution in [1.29, 1.82) is 0 Å². The van der Waals surface area contributed by atoms with Gasteiger partial charge in [-0.3, -0.25) is 0 Å². The van der Waals surface area contributed by atoms with Crippen LogP contribution in [0.4, 0.5) is 4.39 Å². The van der Waals surface area contributed by atoms with Crippen molar-refractivity contribution in [3.63, 3.8) is 0 Å². The van der Waals surface area contributed by atoms with Gasteiger partial charge in [-0.2, -0.15) is 0 Å². The molecule has 15 heavy (non-hydrogen) atoms. The number of halogens is 1. The summed E-state index contributed by atoms with van der Waals surface area (Å²) in [6, 6.07) is 10.2. The minimum Gasteiger partial charge on any atom is -0.320 e. The van der Waals surface area contributed by atoms with Gasteiger partial charge in [0.2, 0.25) is 0 Å². The lowest BCUT2D eigenvalue weighted by atomic mass is 10.1. The van der Waals surface area contributed by atoms with Crippen LogP contribution in [0.15, 0.2) is 36.4 Å². The summed E-state index contributed by atoms with van der Waals surface area (Å²) in [7, 11) is 0. The SMILES string of the molecule is Cc1ccc(C(N)c2cccc(F)c2)s1. The van der Waals surface area contributed by atoms with E-state index in [-0.39, 0.29) is 11.9 Å². The first-order chi connectivity index (χ1) is 7.16. The number of nitrogens with two attached hydrogens (primary N) is 1. The van der Waals surface area contributed by atoms with Crippen molar-refractivity contribution < 1.29 is 4.39 Å². The lowest BCUT2D eigenvalue weighted by molar-refractivity contribution is 0.624. The Hall–Kier alpha value is -1.19. The number of benzene rings is 1. The second-order valence-corrected chi connectivity index (χ2v) is 4.80. The molecular weight excluding hydrogens is 209 g/mol. The van der Waals surface area contributed by atoms with Gasteiger partial charge in [-0.25, -0.2) is 4.39 Å². The first-order valence-electron chi connectivity index (χ1n) is 4.74. The summed E-state index contributed by atoms with van der Waals surface area (Å²) in [5.74, 6) is -0.240. The van der Waals surface area contributed by atoms with Gasteiger partial charge in [-0.05, 0) is 36.8 Å². The maximum atomic E-state index is 13.0. The number of hydrogen-bond donors (Lipinski definition) is 1. The van der Waals surface area contributed by atoms with Crippen LogP contribution in [-0.2, 0) is 0 Å². The highest BCUT2D eigenvalue weighted by atomic mass is 32.1. The monoisotopic (exact) mass is 221 g/mol. The maximum Gasteiger partial charge on any atom is 0.123 e. The van der Waals surface area contributed by atoms with E-state index in [1.165, 1.54) is 17.0 Å². The van der Waals surface area contributed by atoms with Gasteiger partial charge in [-0.1, -0.05) is 12.1 Å². The van der Waals surface area contributed by atoms with Crippen molar-refractivity contribution in [1.82, 2.24) is 0 Å². The van der Waals surface area contributed by atoms with Crippen LogP contribution in [0, 0.1) is 12.7 Å². The zero-order valence-electron chi connectivity index (χ0n) is 8.41. The molecule has 2 aromatic rings. The largest absolute Gasteiger partial charge is 0.320 e. The summed E-state index contributed by atoms with van der Waals surface area (Å²) in [6.45, 7) is 2.03. The molecule has 0 aliphatic carbocycles. The third-order valence-electron chi connectivity index (χ3n) is 2.28. The molecule has 0 spiro atoms. The van der Waals surface area contributed by atoms with E-state index in [1.807, 2.05) is 25.1 Å². The van der Waals surface area contributed by atoms with Crippen LogP contribution in [0.5, 0.6) is 0 Å². The van der Waals surface area contributed by atoms with Gasteiger partial charge in [0.1, 0.15) is 5.82 Å². The second kappa shape index (κ2) is 4.13. The van der Waals surface area contributed by atoms with Crippen LogP contribution >= 0.6 is 11.3 Å². The van der Waals surface area contributed by atoms with Crippen LogP contribution < -0.4 is 5.73 Å². The summed E-state index contributed by atoms with van der Waals surface area (Å²) in [5, 5.41) is 0. The van der Waals surface area contributed by atoms with Crippen LogP contribution in [0.1, 0.15) is 21.4 Å². The van der Waals surface area contributed by atoms with Crippen LogP contribution in [-0.4, -0.2) is 0 Å². The number of rotatable bonds is 2. The fourth-order valence-electron chi connectivity index (χ4n) is 1.48. The van der Waals surface area contributed by atoms with Crippen LogP contribution in [0.2, 0.25) is 0 Å². The normalized spacial score (nSPS) is 12.7. The van der Waals surface area contributed by atoms with Crippen molar-refractivity contribution >= 4 is 11.3 Å². The Morgan fingerprint density at radius 3 is 2.67 bits per heavy atom. The minimum absolute atomic E-state index is 0.223. The molecule has 1 aromatic carbocycles. The number of aryl methyl sites for hydroxylation is 1. The standard InChI is InChI=1S/C12H12FNS/c1-8-5-6-11(15-8)12(14)9-3-2-4-10(13)7-9/h2-7,12H,14H2,1H3. The second-order valence-electron chi connectivity index (χ2n) is 3.48. The average Bonchev–Trinajstić information content (AvgIpc) is 2.64. The first-order valence-corrected chi connectivity index (χ1v) is 5.56. The molecule has 78 valence electrons. The van der Waals surface area contributed by atoms with E-state index in [4.69, 9.17) is 5.73 Å². The highest BCUT2D eigenvalue weighted by Gasteiger charge is 2.10. The molecule has 1 aromatic heterocycles. The summed E-state index contributed by atoms with van der Waals surface area (Å²) < 4.78 is 13.0. The zero-order chi connectivity index (χ0) is 10.8. The molecule has 0 fully saturated rings. The van der Waals surface area contributed by atoms with Crippen LogP contribution in [0.25, 0.3) is 0 Å². The van der Waals surface area contributed by atoms with E-state index in [1.54, 1.807) is 17.4 Å². The van der Waals surface area contributed by atoms with E-state index >= 15 is 0 Å². The Kier molecular flexibility index (Phi) is 2.84. The quantitative estimate of drug-likeness (QED) is 0.827. The Balaban J connectivity index is 2.32. The average molecular weight is 221 g/mol. The topological polar surface area (TPSA) is 26.0 Å². The first kappa shape index (κ1) is 10.3. The van der Waals surface area contributed by atoms with Crippen molar-refractivity contribution in [3.8, 4) is 0 Å². The highest BCUT2D eigenvalue weighted by molar-refractivity contribution is 7.12. The van der Waals surface area contributed by atoms with Gasteiger partial charge in [0.25, 0.3) is 0 Å². The fourth-order valence-corrected chi connectivity index (χ4v) is 2.39. The van der Waals surface area contributed by atoms with Crippen molar-refractivity contribution in [3.05, 3.63) is 57.5 Å². The highest BCUT2D eigenvalue weighted by Crippen LogP contribution is 2.26. The predicted molar refractivity (Wildman–Crippen MR) is 61.5 cm³/mol. The molecule has 0 saturated carbocycles. The number of thiophene rings is 1. The third kappa shape index (κ3) is 2.25. The molecule has 3 heteroatoms. The third-order valence-corrected chi connectivity index (χ3v) is 3.36. The maximum absolute atomic E-state index is 13.0. The molecule has 1 unspecified atom stereocenters. The van der Waals surface area contributed by atoms with Gasteiger partial charge in [-0.15, -0.1) is 11.3 Å². The predicted octanol–water partition coefficient (Wildman–Crippen LogP) is 3.24. The molecule has 0 radical (unpaired) electrons. The smallest absolute Gasteiger partial charge is 0.123 e. The molecular formula is C12H12FNS. The summed E-state index contributed by atoms with van der Waals surface area (Å²) in [5.41, 5.74) is 6.86. The Labute approximate surface area is 92.4 Å². The Bertz CT molecular complexity index is 464. The zero-order valence-corrected chi connectivity index (χ0v) is 9.22. The lowest BCUT2D eigenvalue weighted by Crippen LogP contribution is -2.10. The molecule has 1 heterocycles. The van der Waals surface area contributed by atoms with E-state index < -0.39 is 0 Å². The molecule has 0 aliphatic heterocycles. The van der Waals surface area contributed by atoms with Crippen molar-refractivity contribution in [2.45, 2.75) is 13.0 Å². The van der Waals surface area contributed by atoms with Crippen molar-refractivity contribution in [2.75, 3.05) is 0 Å². The molecule has 2 rings (SSSR count). The van der Waals surface area contributed by atoms with Gasteiger partial charge < -0.3 is 5.73 Å². The molecule has 0 amide bonds. The molecule has 2 N–H and O–H groups in total. The van der Waals surface area contributed by atoms with Gasteiger partial charge in [0, 0.05) is 9.75 Å². The minimum atomic E-state index is -0.240. The van der Waals surface area contributed by atoms with Gasteiger partial charge in [0.05, 0.1) is 6.04 Å². The Morgan fingerprint density at radius 2 is 2.07 bits per heavy atom. The molecule has 1 atom stereocenters. The van der Waals surface area contributed by atoms with Gasteiger partial charge in [0.15, 0.2) is 0 Å². The summed E-state index contributed by atoms with van der Waals surface area (Å²) >= 11 is 1.65. The van der Waals surface area contributed by atoms with E-state index in [2.05, 4.69) is 0 Å². The molecule has 0 bridgehead atoms. The van der Waals surface area contributed by atoms with Crippen LogP contribution in [0.3, 0.4) is 0 Å². The van der Waals surface area contributed by atoms with Gasteiger partial charge >= 0.3 is 0 Å². The molecule has 0 saturated heterocycles. The van der Waals surface area contributed by atoms with E-state index in [9.17, 15) is 4.39 Å². The Morgan fingerprint density at radius 1 is 1.27 bits per heavy atom. The van der Waals surface area contributed by atoms with E-state index in [0.29, 0.717) is 0 Å². The van der Waals surface area contributed by atoms with Crippen molar-refractivity contribution in [2.24, 2.45) is 5.73 Å². The fraction of sp³-hybridized carbons (Fsp3) is 0.167. The molecule has 1 nitrogen and oxygen atoms in total. The lowest BCUT2D eigenvalue weighted by Gasteiger charge is -2.09. The summed E-state index contributed by atoms with van der Waals surface area (Å²) in [6.07, 6.45) is 0. The number of hydrogen-bond acceptors (Lipinski definition) is 2. The summed E-state index contributed by atoms with van der Waals surface area (Å²) in [4.78, 5) is 2.29. The van der Waals surface area contributed by atoms with E-state index in [0.717, 1.165) is 10.4 Å². The molecule has 0 aliphatic rings.